The third kappa shape index (κ3) is 5.04. The number of carboxylic acids is 2. The lowest BCUT2D eigenvalue weighted by molar-refractivity contribution is -0.302. The van der Waals surface area contributed by atoms with E-state index in [1.54, 1.807) is 12.1 Å². The van der Waals surface area contributed by atoms with Crippen molar-refractivity contribution in [3.05, 3.63) is 35.4 Å². The fourth-order valence-electron chi connectivity index (χ4n) is 6.71. The molecular weight excluding hydrogens is 590 g/mol. The first-order chi connectivity index (χ1) is 20.8. The topological polar surface area (TPSA) is 245 Å². The summed E-state index contributed by atoms with van der Waals surface area (Å²) in [5.41, 5.74) is 1.05. The zero-order valence-corrected chi connectivity index (χ0v) is 23.4. The van der Waals surface area contributed by atoms with Gasteiger partial charge in [0.05, 0.1) is 11.5 Å². The number of aliphatic hydroxyl groups is 6. The first kappa shape index (κ1) is 31.1. The number of aliphatic hydroxyl groups excluding tert-OH is 6. The molecule has 13 atom stereocenters. The zero-order valence-electron chi connectivity index (χ0n) is 23.4. The molecule has 0 bridgehead atoms. The summed E-state index contributed by atoms with van der Waals surface area (Å²) < 4.78 is 28.9. The Morgan fingerprint density at radius 1 is 0.886 bits per heavy atom. The molecule has 5 aliphatic rings. The van der Waals surface area contributed by atoms with Crippen LogP contribution >= 0.6 is 0 Å². The van der Waals surface area contributed by atoms with E-state index in [0.717, 1.165) is 11.1 Å². The fourth-order valence-corrected chi connectivity index (χ4v) is 6.71. The van der Waals surface area contributed by atoms with Gasteiger partial charge in [0.25, 0.3) is 0 Å². The van der Waals surface area contributed by atoms with E-state index in [1.807, 2.05) is 19.2 Å². The average molecular weight is 626 g/mol. The molecule has 1 unspecified atom stereocenters. The minimum atomic E-state index is -1.88. The van der Waals surface area contributed by atoms with E-state index in [2.05, 4.69) is 4.90 Å². The van der Waals surface area contributed by atoms with Crippen LogP contribution in [0.2, 0.25) is 0 Å². The molecule has 0 amide bonds. The summed E-state index contributed by atoms with van der Waals surface area (Å²) in [5, 5.41) is 80.3. The summed E-state index contributed by atoms with van der Waals surface area (Å²) in [4.78, 5) is 25.2. The van der Waals surface area contributed by atoms with E-state index in [4.69, 9.17) is 23.7 Å². The number of hydrogen-bond donors (Lipinski definition) is 8. The van der Waals surface area contributed by atoms with Crippen LogP contribution < -0.4 is 9.47 Å². The molecule has 16 nitrogen and oxygen atoms in total. The highest BCUT2D eigenvalue weighted by molar-refractivity contribution is 5.74. The third-order valence-electron chi connectivity index (χ3n) is 9.09. The van der Waals surface area contributed by atoms with Crippen LogP contribution in [-0.2, 0) is 35.8 Å². The average Bonchev–Trinajstić information content (AvgIpc) is 3.24. The molecule has 4 aliphatic heterocycles. The van der Waals surface area contributed by atoms with Gasteiger partial charge < -0.3 is 69.4 Å². The Morgan fingerprint density at radius 3 is 2.14 bits per heavy atom. The minimum absolute atomic E-state index is 0.108. The highest BCUT2D eigenvalue weighted by atomic mass is 16.7. The summed E-state index contributed by atoms with van der Waals surface area (Å²) >= 11 is 0. The second-order valence-corrected chi connectivity index (χ2v) is 11.9. The van der Waals surface area contributed by atoms with Gasteiger partial charge in [-0.15, -0.1) is 0 Å². The van der Waals surface area contributed by atoms with Crippen LogP contribution in [0.3, 0.4) is 0 Å². The van der Waals surface area contributed by atoms with Crippen LogP contribution in [0.4, 0.5) is 0 Å². The van der Waals surface area contributed by atoms with Crippen molar-refractivity contribution >= 4 is 11.9 Å². The molecule has 1 aromatic carbocycles. The Bertz CT molecular complexity index is 1320. The first-order valence-electron chi connectivity index (χ1n) is 14.2. The maximum atomic E-state index is 11.6. The number of rotatable bonds is 6. The molecule has 0 radical (unpaired) electrons. The van der Waals surface area contributed by atoms with Crippen LogP contribution in [-0.4, -0.2) is 145 Å². The molecule has 6 rings (SSSR count). The van der Waals surface area contributed by atoms with Gasteiger partial charge in [0, 0.05) is 18.5 Å². The second-order valence-electron chi connectivity index (χ2n) is 11.9. The van der Waals surface area contributed by atoms with Gasteiger partial charge in [0.15, 0.2) is 30.0 Å². The third-order valence-corrected chi connectivity index (χ3v) is 9.09. The molecule has 242 valence electrons. The van der Waals surface area contributed by atoms with E-state index in [1.165, 1.54) is 0 Å². The zero-order chi connectivity index (χ0) is 31.7. The Kier molecular flexibility index (Phi) is 8.11. The van der Waals surface area contributed by atoms with E-state index in [9.17, 15) is 50.4 Å². The maximum Gasteiger partial charge on any atom is 0.335 e. The fraction of sp³-hybridized carbons (Fsp3) is 0.643. The lowest BCUT2D eigenvalue weighted by Crippen LogP contribution is -2.61. The van der Waals surface area contributed by atoms with Gasteiger partial charge >= 0.3 is 11.9 Å². The van der Waals surface area contributed by atoms with Crippen LogP contribution in [0.5, 0.6) is 11.5 Å². The second kappa shape index (κ2) is 11.5. The summed E-state index contributed by atoms with van der Waals surface area (Å²) in [5.74, 6) is -2.66. The largest absolute Gasteiger partial charge is 0.485 e. The normalized spacial score (nSPS) is 43.3. The molecule has 2 fully saturated rings. The monoisotopic (exact) mass is 625 g/mol. The number of ether oxygens (including phenoxy) is 5. The standard InChI is InChI=1S/C28H35NO15/c1-29-7-6-28-5-4-11(40-26-19(34)15(30)17(32)22(43-26)24(36)37)8-13(28)42-21-12(3-2-10(9-29)14(21)28)41-27-20(35)16(31)18(33)23(44-27)25(38)39/h2-5,11,13,15-20,22-23,26-27,30-35H,6-9H2,1H3,(H,36,37)(H,38,39)/t11-,13-,15+,16+,17+,18+,19-,20-,22+,23+,26-,27-,28?/m0/s1. The SMILES string of the molecule is CN1CCC23C=C[C@H](O[C@H]4O[C@@H](C(=O)O)[C@H](O)[C@@H](O)[C@@H]4O)C[C@@H]2Oc2c(O[C@H]4O[C@@H](C(=O)O)[C@H](O)[C@@H](O)[C@@H]4O)ccc(c23)C1. The molecule has 2 saturated heterocycles. The van der Waals surface area contributed by atoms with Crippen molar-refractivity contribution < 1.29 is 74.1 Å². The predicted octanol–water partition coefficient (Wildman–Crippen LogP) is -2.97. The van der Waals surface area contributed by atoms with E-state index < -0.39 is 91.0 Å². The number of carbonyl (C=O) groups is 2. The van der Waals surface area contributed by atoms with Crippen LogP contribution in [0, 0.1) is 0 Å². The first-order valence-corrected chi connectivity index (χ1v) is 14.2. The molecule has 8 N–H and O–H groups in total. The minimum Gasteiger partial charge on any atom is -0.485 e. The van der Waals surface area contributed by atoms with Crippen molar-refractivity contribution in [2.24, 2.45) is 0 Å². The summed E-state index contributed by atoms with van der Waals surface area (Å²) in [6.45, 7) is 1.26. The Balaban J connectivity index is 1.28. The Morgan fingerprint density at radius 2 is 1.50 bits per heavy atom. The summed E-state index contributed by atoms with van der Waals surface area (Å²) in [6, 6.07) is 3.41. The molecule has 44 heavy (non-hydrogen) atoms. The van der Waals surface area contributed by atoms with E-state index >= 15 is 0 Å². The smallest absolute Gasteiger partial charge is 0.335 e. The number of aliphatic carboxylic acids is 2. The van der Waals surface area contributed by atoms with E-state index in [0.29, 0.717) is 25.3 Å². The van der Waals surface area contributed by atoms with Crippen molar-refractivity contribution in [2.45, 2.75) is 98.4 Å². The molecule has 0 saturated carbocycles. The maximum absolute atomic E-state index is 11.6. The highest BCUT2D eigenvalue weighted by Gasteiger charge is 2.55. The van der Waals surface area contributed by atoms with Crippen molar-refractivity contribution in [1.82, 2.24) is 4.90 Å². The van der Waals surface area contributed by atoms with Gasteiger partial charge in [-0.1, -0.05) is 18.2 Å². The molecule has 1 aromatic rings. The van der Waals surface area contributed by atoms with Crippen molar-refractivity contribution in [3.63, 3.8) is 0 Å². The molecule has 1 aliphatic carbocycles. The Labute approximate surface area is 250 Å². The van der Waals surface area contributed by atoms with Crippen molar-refractivity contribution in [1.29, 1.82) is 0 Å². The van der Waals surface area contributed by atoms with Gasteiger partial charge in [-0.3, -0.25) is 0 Å². The lowest BCUT2D eigenvalue weighted by Gasteiger charge is -2.42. The molecule has 4 heterocycles. The Hall–Kier alpha value is -2.90. The number of benzene rings is 1. The van der Waals surface area contributed by atoms with Crippen LogP contribution in [0.25, 0.3) is 0 Å². The molecule has 1 spiro atoms. The van der Waals surface area contributed by atoms with Crippen molar-refractivity contribution in [3.8, 4) is 11.5 Å². The predicted molar refractivity (Wildman–Crippen MR) is 141 cm³/mol. The van der Waals surface area contributed by atoms with Crippen molar-refractivity contribution in [2.75, 3.05) is 13.6 Å². The number of hydrogen-bond acceptors (Lipinski definition) is 14. The summed E-state index contributed by atoms with van der Waals surface area (Å²) in [6.07, 6.45) is -14.7. The van der Waals surface area contributed by atoms with Crippen LogP contribution in [0.1, 0.15) is 24.0 Å². The van der Waals surface area contributed by atoms with Gasteiger partial charge in [0.2, 0.25) is 6.29 Å². The quantitative estimate of drug-likeness (QED) is 0.147. The lowest BCUT2D eigenvalue weighted by atomic mass is 9.69. The van der Waals surface area contributed by atoms with Crippen LogP contribution in [0.15, 0.2) is 24.3 Å². The molecule has 0 aromatic heterocycles. The molecular formula is C28H35NO15. The van der Waals surface area contributed by atoms with Gasteiger partial charge in [-0.05, 0) is 31.6 Å². The van der Waals surface area contributed by atoms with Gasteiger partial charge in [0.1, 0.15) is 42.7 Å². The van der Waals surface area contributed by atoms with Gasteiger partial charge in [-0.25, -0.2) is 9.59 Å². The highest BCUT2D eigenvalue weighted by Crippen LogP contribution is 2.56. The molecule has 16 heteroatoms. The van der Waals surface area contributed by atoms with E-state index in [-0.39, 0.29) is 12.2 Å². The number of nitrogens with zero attached hydrogens (tertiary/aromatic N) is 1. The summed E-state index contributed by atoms with van der Waals surface area (Å²) in [7, 11) is 1.97. The number of carboxylic acid groups (broad SMARTS) is 2. The van der Waals surface area contributed by atoms with Gasteiger partial charge in [-0.2, -0.15) is 0 Å².